The third-order valence-corrected chi connectivity index (χ3v) is 6.23. The van der Waals surface area contributed by atoms with Crippen molar-refractivity contribution in [1.82, 2.24) is 5.32 Å². The summed E-state index contributed by atoms with van der Waals surface area (Å²) in [6, 6.07) is 4.56. The number of hydrogen-bond acceptors (Lipinski definition) is 3. The number of sulfonamides is 1. The van der Waals surface area contributed by atoms with Crippen LogP contribution in [0.5, 0.6) is 0 Å². The molecule has 0 aliphatic carbocycles. The summed E-state index contributed by atoms with van der Waals surface area (Å²) in [6.45, 7) is 3.82. The Kier molecular flexibility index (Phi) is 4.52. The predicted molar refractivity (Wildman–Crippen MR) is 84.2 cm³/mol. The third kappa shape index (κ3) is 2.64. The van der Waals surface area contributed by atoms with E-state index < -0.39 is 10.0 Å². The molecule has 2 heterocycles. The molecule has 0 saturated carbocycles. The molecule has 1 fully saturated rings. The van der Waals surface area contributed by atoms with Gasteiger partial charge in [0.2, 0.25) is 10.0 Å². The lowest BCUT2D eigenvalue weighted by Gasteiger charge is -2.34. The molecule has 1 saturated heterocycles. The van der Waals surface area contributed by atoms with E-state index in [0.717, 1.165) is 31.5 Å². The Morgan fingerprint density at radius 1 is 1.33 bits per heavy atom. The number of hydrogen-bond donors (Lipinski definition) is 1. The highest BCUT2D eigenvalue weighted by Crippen LogP contribution is 2.47. The van der Waals surface area contributed by atoms with Gasteiger partial charge in [0.1, 0.15) is 5.82 Å². The first-order valence-electron chi connectivity index (χ1n) is 7.00. The van der Waals surface area contributed by atoms with Gasteiger partial charge < -0.3 is 5.32 Å². The molecule has 1 spiro atoms. The van der Waals surface area contributed by atoms with Crippen LogP contribution in [0.15, 0.2) is 18.2 Å². The van der Waals surface area contributed by atoms with Crippen LogP contribution in [0.1, 0.15) is 25.3 Å². The molecule has 7 heteroatoms. The van der Waals surface area contributed by atoms with Crippen molar-refractivity contribution in [2.45, 2.75) is 25.2 Å². The summed E-state index contributed by atoms with van der Waals surface area (Å²) < 4.78 is 39.5. The molecule has 1 N–H and O–H groups in total. The Morgan fingerprint density at radius 3 is 2.62 bits per heavy atom. The molecule has 2 aliphatic heterocycles. The van der Waals surface area contributed by atoms with Gasteiger partial charge in [-0.25, -0.2) is 12.8 Å². The van der Waals surface area contributed by atoms with Crippen molar-refractivity contribution < 1.29 is 12.8 Å². The average molecular weight is 335 g/mol. The fourth-order valence-corrected chi connectivity index (χ4v) is 4.55. The molecule has 1 aromatic carbocycles. The minimum Gasteiger partial charge on any atom is -0.317 e. The van der Waals surface area contributed by atoms with Crippen LogP contribution in [0.2, 0.25) is 0 Å². The lowest BCUT2D eigenvalue weighted by Crippen LogP contribution is -2.44. The van der Waals surface area contributed by atoms with Crippen LogP contribution in [0, 0.1) is 5.82 Å². The van der Waals surface area contributed by atoms with E-state index in [1.807, 2.05) is 0 Å². The van der Waals surface area contributed by atoms with Gasteiger partial charge in [0.15, 0.2) is 0 Å². The molecule has 0 amide bonds. The van der Waals surface area contributed by atoms with Crippen molar-refractivity contribution in [3.63, 3.8) is 0 Å². The second kappa shape index (κ2) is 5.74. The van der Waals surface area contributed by atoms with Crippen molar-refractivity contribution in [3.8, 4) is 0 Å². The number of nitrogens with one attached hydrogen (secondary N) is 1. The quantitative estimate of drug-likeness (QED) is 0.900. The Labute approximate surface area is 131 Å². The molecular formula is C14H20ClFN2O2S. The number of benzene rings is 1. The maximum atomic E-state index is 13.5. The maximum absolute atomic E-state index is 13.5. The summed E-state index contributed by atoms with van der Waals surface area (Å²) in [5.41, 5.74) is 1.36. The van der Waals surface area contributed by atoms with Gasteiger partial charge in [-0.05, 0) is 50.6 Å². The van der Waals surface area contributed by atoms with Gasteiger partial charge in [-0.2, -0.15) is 0 Å². The zero-order chi connectivity index (χ0) is 14.4. The Bertz CT molecular complexity index is 630. The number of nitrogens with zero attached hydrogens (tertiary/aromatic N) is 1. The summed E-state index contributed by atoms with van der Waals surface area (Å²) in [7, 11) is -3.36. The lowest BCUT2D eigenvalue weighted by molar-refractivity contribution is 0.330. The summed E-state index contributed by atoms with van der Waals surface area (Å²) in [4.78, 5) is 0. The van der Waals surface area contributed by atoms with Gasteiger partial charge in [0.25, 0.3) is 0 Å². The topological polar surface area (TPSA) is 49.4 Å². The predicted octanol–water partition coefficient (Wildman–Crippen LogP) is 2.04. The molecular weight excluding hydrogens is 315 g/mol. The average Bonchev–Trinajstić information content (AvgIpc) is 2.74. The van der Waals surface area contributed by atoms with Crippen LogP contribution in [-0.2, 0) is 15.4 Å². The smallest absolute Gasteiger partial charge is 0.234 e. The van der Waals surface area contributed by atoms with E-state index in [2.05, 4.69) is 5.32 Å². The minimum absolute atomic E-state index is 0. The van der Waals surface area contributed by atoms with E-state index in [0.29, 0.717) is 12.2 Å². The fraction of sp³-hybridized carbons (Fsp3) is 0.571. The van der Waals surface area contributed by atoms with Gasteiger partial charge in [-0.1, -0.05) is 6.07 Å². The van der Waals surface area contributed by atoms with Crippen LogP contribution in [0.3, 0.4) is 0 Å². The molecule has 3 rings (SSSR count). The van der Waals surface area contributed by atoms with Crippen molar-refractivity contribution in [2.75, 3.05) is 29.7 Å². The summed E-state index contributed by atoms with van der Waals surface area (Å²) in [5.74, 6) is -0.344. The minimum atomic E-state index is -3.36. The molecule has 0 atom stereocenters. The molecule has 118 valence electrons. The molecule has 0 bridgehead atoms. The first kappa shape index (κ1) is 16.5. The molecule has 0 unspecified atom stereocenters. The van der Waals surface area contributed by atoms with Crippen LogP contribution >= 0.6 is 12.4 Å². The van der Waals surface area contributed by atoms with Crippen molar-refractivity contribution >= 4 is 28.1 Å². The largest absolute Gasteiger partial charge is 0.317 e. The van der Waals surface area contributed by atoms with Crippen LogP contribution in [-0.4, -0.2) is 33.8 Å². The zero-order valence-electron chi connectivity index (χ0n) is 11.9. The SMILES string of the molecule is CCS(=O)(=O)N1CC2(CCNCC2)c2ccc(F)cc21.Cl. The first-order valence-corrected chi connectivity index (χ1v) is 8.61. The van der Waals surface area contributed by atoms with Gasteiger partial charge in [-0.15, -0.1) is 12.4 Å². The second-order valence-corrected chi connectivity index (χ2v) is 7.78. The summed E-state index contributed by atoms with van der Waals surface area (Å²) >= 11 is 0. The monoisotopic (exact) mass is 334 g/mol. The summed E-state index contributed by atoms with van der Waals surface area (Å²) in [6.07, 6.45) is 1.78. The molecule has 0 radical (unpaired) electrons. The van der Waals surface area contributed by atoms with Gasteiger partial charge in [-0.3, -0.25) is 4.31 Å². The standard InChI is InChI=1S/C14H19FN2O2S.ClH/c1-2-20(18,19)17-10-14(5-7-16-8-6-14)12-4-3-11(15)9-13(12)17;/h3-4,9,16H,2,5-8,10H2,1H3;1H. The van der Waals surface area contributed by atoms with Crippen molar-refractivity contribution in [3.05, 3.63) is 29.6 Å². The number of piperidine rings is 1. The van der Waals surface area contributed by atoms with Crippen LogP contribution in [0.25, 0.3) is 0 Å². The van der Waals surface area contributed by atoms with Crippen molar-refractivity contribution in [1.29, 1.82) is 0 Å². The first-order chi connectivity index (χ1) is 9.48. The fourth-order valence-electron chi connectivity index (χ4n) is 3.34. The molecule has 21 heavy (non-hydrogen) atoms. The van der Waals surface area contributed by atoms with E-state index in [4.69, 9.17) is 0 Å². The van der Waals surface area contributed by atoms with Gasteiger partial charge in [0.05, 0.1) is 11.4 Å². The Hall–Kier alpha value is -0.850. The van der Waals surface area contributed by atoms with Crippen molar-refractivity contribution in [2.24, 2.45) is 0 Å². The summed E-state index contributed by atoms with van der Waals surface area (Å²) in [5, 5.41) is 3.30. The molecule has 0 aromatic heterocycles. The van der Waals surface area contributed by atoms with Gasteiger partial charge in [0, 0.05) is 12.0 Å². The highest BCUT2D eigenvalue weighted by atomic mass is 35.5. The Balaban J connectivity index is 0.00000161. The van der Waals surface area contributed by atoms with Gasteiger partial charge >= 0.3 is 0 Å². The second-order valence-electron chi connectivity index (χ2n) is 5.60. The van der Waals surface area contributed by atoms with E-state index in [1.54, 1.807) is 13.0 Å². The maximum Gasteiger partial charge on any atom is 0.234 e. The molecule has 1 aromatic rings. The molecule has 4 nitrogen and oxygen atoms in total. The zero-order valence-corrected chi connectivity index (χ0v) is 13.6. The number of rotatable bonds is 2. The van der Waals surface area contributed by atoms with E-state index >= 15 is 0 Å². The number of fused-ring (bicyclic) bond motifs is 2. The number of halogens is 2. The number of anilines is 1. The normalized spacial score (nSPS) is 20.2. The van der Waals surface area contributed by atoms with Crippen LogP contribution in [0.4, 0.5) is 10.1 Å². The molecule has 2 aliphatic rings. The van der Waals surface area contributed by atoms with Crippen LogP contribution < -0.4 is 9.62 Å². The lowest BCUT2D eigenvalue weighted by atomic mass is 9.75. The Morgan fingerprint density at radius 2 is 2.00 bits per heavy atom. The van der Waals surface area contributed by atoms with E-state index in [-0.39, 0.29) is 29.4 Å². The highest BCUT2D eigenvalue weighted by Gasteiger charge is 2.46. The van der Waals surface area contributed by atoms with E-state index in [1.165, 1.54) is 16.4 Å². The third-order valence-electron chi connectivity index (χ3n) is 4.51. The van der Waals surface area contributed by atoms with E-state index in [9.17, 15) is 12.8 Å². The highest BCUT2D eigenvalue weighted by molar-refractivity contribution is 7.92.